The monoisotopic (exact) mass is 419 g/mol. The van der Waals surface area contributed by atoms with Crippen molar-refractivity contribution in [2.75, 3.05) is 12.0 Å². The highest BCUT2D eigenvalue weighted by Crippen LogP contribution is 2.44. The van der Waals surface area contributed by atoms with Crippen LogP contribution in [0.5, 0.6) is 5.75 Å². The molecule has 1 fully saturated rings. The summed E-state index contributed by atoms with van der Waals surface area (Å²) < 4.78 is 5.27. The number of aliphatic hydroxyl groups excluding tert-OH is 1. The van der Waals surface area contributed by atoms with Crippen molar-refractivity contribution in [3.63, 3.8) is 0 Å². The Morgan fingerprint density at radius 1 is 0.967 bits per heavy atom. The van der Waals surface area contributed by atoms with Crippen LogP contribution < -0.4 is 9.64 Å². The second-order valence-electron chi connectivity index (χ2n) is 6.76. The number of rotatable bonds is 4. The SMILES string of the molecule is COc1cccc(N2C(=O)C(=O)C(=C(O)c3ccccc3)[C@@H]2c2ccccc2Cl)c1. The molecule has 0 spiro atoms. The van der Waals surface area contributed by atoms with E-state index in [1.165, 1.54) is 12.0 Å². The molecule has 6 heteroatoms. The second kappa shape index (κ2) is 8.05. The first kappa shape index (κ1) is 19.7. The van der Waals surface area contributed by atoms with Gasteiger partial charge in [-0.05, 0) is 23.8 Å². The van der Waals surface area contributed by atoms with E-state index >= 15 is 0 Å². The largest absolute Gasteiger partial charge is 0.507 e. The summed E-state index contributed by atoms with van der Waals surface area (Å²) in [6, 6.07) is 21.6. The summed E-state index contributed by atoms with van der Waals surface area (Å²) in [6.45, 7) is 0. The number of hydrogen-bond acceptors (Lipinski definition) is 4. The average molecular weight is 420 g/mol. The summed E-state index contributed by atoms with van der Waals surface area (Å²) in [5, 5.41) is 11.4. The number of halogens is 1. The summed E-state index contributed by atoms with van der Waals surface area (Å²) >= 11 is 6.45. The first-order valence-electron chi connectivity index (χ1n) is 9.28. The van der Waals surface area contributed by atoms with Gasteiger partial charge < -0.3 is 9.84 Å². The van der Waals surface area contributed by atoms with Crippen molar-refractivity contribution in [3.8, 4) is 5.75 Å². The van der Waals surface area contributed by atoms with E-state index in [2.05, 4.69) is 0 Å². The number of carbonyl (C=O) groups is 2. The van der Waals surface area contributed by atoms with Gasteiger partial charge in [0.05, 0.1) is 18.7 Å². The Balaban J connectivity index is 1.98. The molecule has 0 aromatic heterocycles. The van der Waals surface area contributed by atoms with Crippen molar-refractivity contribution in [1.82, 2.24) is 0 Å². The topological polar surface area (TPSA) is 66.8 Å². The standard InChI is InChI=1S/C24H18ClNO4/c1-30-17-11-7-10-16(14-17)26-21(18-12-5-6-13-19(18)25)20(23(28)24(26)29)22(27)15-8-3-2-4-9-15/h2-14,21,27H,1H3/t21-/m0/s1. The highest BCUT2D eigenvalue weighted by molar-refractivity contribution is 6.52. The molecule has 0 bridgehead atoms. The maximum Gasteiger partial charge on any atom is 0.300 e. The fraction of sp³-hybridized carbons (Fsp3) is 0.0833. The Labute approximate surface area is 178 Å². The van der Waals surface area contributed by atoms with E-state index in [-0.39, 0.29) is 11.3 Å². The van der Waals surface area contributed by atoms with Gasteiger partial charge in [0.25, 0.3) is 11.7 Å². The Kier molecular flexibility index (Phi) is 5.29. The molecule has 1 amide bonds. The molecule has 0 radical (unpaired) electrons. The van der Waals surface area contributed by atoms with Crippen LogP contribution in [0.25, 0.3) is 5.76 Å². The Bertz CT molecular complexity index is 1160. The molecular formula is C24H18ClNO4. The van der Waals surface area contributed by atoms with Gasteiger partial charge in [0.1, 0.15) is 11.5 Å². The lowest BCUT2D eigenvalue weighted by atomic mass is 9.95. The molecule has 30 heavy (non-hydrogen) atoms. The van der Waals surface area contributed by atoms with Crippen LogP contribution in [0.3, 0.4) is 0 Å². The van der Waals surface area contributed by atoms with Crippen molar-refractivity contribution >= 4 is 34.7 Å². The molecule has 0 unspecified atom stereocenters. The number of nitrogens with zero attached hydrogens (tertiary/aromatic N) is 1. The van der Waals surface area contributed by atoms with Gasteiger partial charge in [-0.25, -0.2) is 0 Å². The summed E-state index contributed by atoms with van der Waals surface area (Å²) in [5.41, 5.74) is 1.44. The van der Waals surface area contributed by atoms with Gasteiger partial charge in [0, 0.05) is 22.3 Å². The number of hydrogen-bond donors (Lipinski definition) is 1. The number of amides is 1. The quantitative estimate of drug-likeness (QED) is 0.368. The molecule has 4 rings (SSSR count). The zero-order valence-corrected chi connectivity index (χ0v) is 16.8. The molecule has 150 valence electrons. The lowest BCUT2D eigenvalue weighted by Crippen LogP contribution is -2.29. The number of ether oxygens (including phenoxy) is 1. The van der Waals surface area contributed by atoms with Crippen LogP contribution in [-0.2, 0) is 9.59 Å². The molecule has 1 atom stereocenters. The molecule has 1 saturated heterocycles. The zero-order chi connectivity index (χ0) is 21.3. The second-order valence-corrected chi connectivity index (χ2v) is 7.17. The van der Waals surface area contributed by atoms with E-state index in [1.54, 1.807) is 78.9 Å². The normalized spacial score (nSPS) is 17.9. The van der Waals surface area contributed by atoms with Crippen molar-refractivity contribution in [2.45, 2.75) is 6.04 Å². The van der Waals surface area contributed by atoms with Gasteiger partial charge in [0.2, 0.25) is 0 Å². The molecule has 1 aliphatic heterocycles. The van der Waals surface area contributed by atoms with E-state index in [4.69, 9.17) is 16.3 Å². The molecule has 3 aromatic carbocycles. The highest BCUT2D eigenvalue weighted by Gasteiger charge is 2.47. The van der Waals surface area contributed by atoms with Crippen molar-refractivity contribution in [3.05, 3.63) is 101 Å². The molecule has 5 nitrogen and oxygen atoms in total. The minimum Gasteiger partial charge on any atom is -0.507 e. The van der Waals surface area contributed by atoms with Crippen molar-refractivity contribution < 1.29 is 19.4 Å². The smallest absolute Gasteiger partial charge is 0.300 e. The van der Waals surface area contributed by atoms with Crippen LogP contribution in [0.2, 0.25) is 5.02 Å². The van der Waals surface area contributed by atoms with Gasteiger partial charge in [-0.15, -0.1) is 0 Å². The van der Waals surface area contributed by atoms with Gasteiger partial charge in [-0.2, -0.15) is 0 Å². The van der Waals surface area contributed by atoms with Crippen molar-refractivity contribution in [2.24, 2.45) is 0 Å². The lowest BCUT2D eigenvalue weighted by Gasteiger charge is -2.26. The molecule has 1 aliphatic rings. The first-order chi connectivity index (χ1) is 14.5. The van der Waals surface area contributed by atoms with Crippen LogP contribution in [-0.4, -0.2) is 23.9 Å². The van der Waals surface area contributed by atoms with Gasteiger partial charge in [0.15, 0.2) is 0 Å². The Morgan fingerprint density at radius 3 is 2.37 bits per heavy atom. The highest BCUT2D eigenvalue weighted by atomic mass is 35.5. The van der Waals surface area contributed by atoms with E-state index in [1.807, 2.05) is 0 Å². The molecule has 0 aliphatic carbocycles. The number of aliphatic hydroxyl groups is 1. The molecule has 3 aromatic rings. The summed E-state index contributed by atoms with van der Waals surface area (Å²) in [6.07, 6.45) is 0. The van der Waals surface area contributed by atoms with Crippen LogP contribution >= 0.6 is 11.6 Å². The Hall–Kier alpha value is -3.57. The predicted octanol–water partition coefficient (Wildman–Crippen LogP) is 4.97. The number of methoxy groups -OCH3 is 1. The van der Waals surface area contributed by atoms with E-state index in [0.29, 0.717) is 27.6 Å². The molecular weight excluding hydrogens is 402 g/mol. The Morgan fingerprint density at radius 2 is 1.67 bits per heavy atom. The molecule has 1 heterocycles. The maximum atomic E-state index is 13.1. The summed E-state index contributed by atoms with van der Waals surface area (Å²) in [7, 11) is 1.52. The number of Topliss-reactive ketones (excluding diaryl/α,β-unsaturated/α-hetero) is 1. The third kappa shape index (κ3) is 3.33. The number of carbonyl (C=O) groups excluding carboxylic acids is 2. The van der Waals surface area contributed by atoms with Crippen LogP contribution in [0.15, 0.2) is 84.4 Å². The molecule has 0 saturated carbocycles. The number of anilines is 1. The average Bonchev–Trinajstić information content (AvgIpc) is 3.04. The van der Waals surface area contributed by atoms with Crippen LogP contribution in [0.1, 0.15) is 17.2 Å². The third-order valence-electron chi connectivity index (χ3n) is 5.02. The maximum absolute atomic E-state index is 13.1. The van der Waals surface area contributed by atoms with Gasteiger partial charge >= 0.3 is 0 Å². The van der Waals surface area contributed by atoms with Gasteiger partial charge in [-0.3, -0.25) is 14.5 Å². The summed E-state index contributed by atoms with van der Waals surface area (Å²) in [4.78, 5) is 27.5. The third-order valence-corrected chi connectivity index (χ3v) is 5.37. The number of ketones is 1. The van der Waals surface area contributed by atoms with E-state index in [0.717, 1.165) is 0 Å². The van der Waals surface area contributed by atoms with Gasteiger partial charge in [-0.1, -0.05) is 66.2 Å². The van der Waals surface area contributed by atoms with E-state index < -0.39 is 17.7 Å². The zero-order valence-electron chi connectivity index (χ0n) is 16.1. The lowest BCUT2D eigenvalue weighted by molar-refractivity contribution is -0.132. The first-order valence-corrected chi connectivity index (χ1v) is 9.65. The number of benzene rings is 3. The van der Waals surface area contributed by atoms with Crippen LogP contribution in [0, 0.1) is 0 Å². The minimum atomic E-state index is -0.883. The fourth-order valence-electron chi connectivity index (χ4n) is 3.60. The van der Waals surface area contributed by atoms with E-state index in [9.17, 15) is 14.7 Å². The fourth-order valence-corrected chi connectivity index (χ4v) is 3.84. The van der Waals surface area contributed by atoms with Crippen LogP contribution in [0.4, 0.5) is 5.69 Å². The predicted molar refractivity (Wildman–Crippen MR) is 116 cm³/mol. The van der Waals surface area contributed by atoms with Crippen molar-refractivity contribution in [1.29, 1.82) is 0 Å². The minimum absolute atomic E-state index is 0.0119. The molecule has 1 N–H and O–H groups in total. The summed E-state index contributed by atoms with van der Waals surface area (Å²) in [5.74, 6) is -1.23.